The van der Waals surface area contributed by atoms with Crippen LogP contribution in [0.1, 0.15) is 39.8 Å². The molecule has 2 aromatic heterocycles. The van der Waals surface area contributed by atoms with E-state index in [1.165, 1.54) is 4.68 Å². The Morgan fingerprint density at radius 3 is 2.59 bits per heavy atom. The van der Waals surface area contributed by atoms with Gasteiger partial charge in [-0.2, -0.15) is 15.0 Å². The normalized spacial score (nSPS) is 10.4. The fourth-order valence-electron chi connectivity index (χ4n) is 2.75. The predicted octanol–water partition coefficient (Wildman–Crippen LogP) is 2.26. The van der Waals surface area contributed by atoms with Crippen molar-refractivity contribution < 1.29 is 4.79 Å². The van der Waals surface area contributed by atoms with E-state index < -0.39 is 0 Å². The Morgan fingerprint density at radius 1 is 1.30 bits per heavy atom. The number of H-pyrrole nitrogens is 1. The molecule has 0 saturated heterocycles. The summed E-state index contributed by atoms with van der Waals surface area (Å²) in [5, 5.41) is 15.9. The van der Waals surface area contributed by atoms with Gasteiger partial charge in [0.05, 0.1) is 17.3 Å². The van der Waals surface area contributed by atoms with E-state index in [-0.39, 0.29) is 17.4 Å². The highest BCUT2D eigenvalue weighted by Gasteiger charge is 2.15. The van der Waals surface area contributed by atoms with Crippen molar-refractivity contribution in [3.63, 3.8) is 0 Å². The van der Waals surface area contributed by atoms with Crippen molar-refractivity contribution in [2.45, 2.75) is 27.2 Å². The van der Waals surface area contributed by atoms with Crippen molar-refractivity contribution in [1.29, 1.82) is 5.26 Å². The van der Waals surface area contributed by atoms with Gasteiger partial charge in [0, 0.05) is 22.9 Å². The molecule has 0 fully saturated rings. The molecule has 3 rings (SSSR count). The number of aromatic amines is 1. The number of hydrogen-bond donors (Lipinski definition) is 2. The molecule has 1 aromatic carbocycles. The van der Waals surface area contributed by atoms with Gasteiger partial charge in [-0.15, -0.1) is 0 Å². The summed E-state index contributed by atoms with van der Waals surface area (Å²) >= 11 is 0. The van der Waals surface area contributed by atoms with Crippen LogP contribution in [0.25, 0.3) is 5.95 Å². The maximum Gasteiger partial charge on any atom is 0.256 e. The van der Waals surface area contributed by atoms with Crippen molar-refractivity contribution in [1.82, 2.24) is 19.7 Å². The van der Waals surface area contributed by atoms with Crippen LogP contribution in [0.2, 0.25) is 0 Å². The first-order valence-corrected chi connectivity index (χ1v) is 8.41. The maximum absolute atomic E-state index is 12.5. The van der Waals surface area contributed by atoms with Crippen LogP contribution in [-0.2, 0) is 6.42 Å². The van der Waals surface area contributed by atoms with Gasteiger partial charge in [0.1, 0.15) is 5.82 Å². The highest BCUT2D eigenvalue weighted by molar-refractivity contribution is 6.04. The average Bonchev–Trinajstić information content (AvgIpc) is 3.01. The topological polar surface area (TPSA) is 116 Å². The van der Waals surface area contributed by atoms with Crippen LogP contribution in [-0.4, -0.2) is 25.7 Å². The van der Waals surface area contributed by atoms with Crippen molar-refractivity contribution >= 4 is 11.7 Å². The molecule has 2 N–H and O–H groups in total. The Labute approximate surface area is 155 Å². The minimum absolute atomic E-state index is 0.225. The summed E-state index contributed by atoms with van der Waals surface area (Å²) in [7, 11) is 0. The van der Waals surface area contributed by atoms with Gasteiger partial charge in [-0.3, -0.25) is 14.6 Å². The smallest absolute Gasteiger partial charge is 0.256 e. The second kappa shape index (κ2) is 7.25. The van der Waals surface area contributed by atoms with Gasteiger partial charge >= 0.3 is 0 Å². The zero-order chi connectivity index (χ0) is 19.6. The number of carbonyl (C=O) groups excluding carboxylic acids is 1. The molecule has 0 saturated carbocycles. The summed E-state index contributed by atoms with van der Waals surface area (Å²) in [6.45, 7) is 5.43. The Balaban J connectivity index is 1.96. The molecule has 8 nitrogen and oxygen atoms in total. The van der Waals surface area contributed by atoms with E-state index in [1.54, 1.807) is 44.2 Å². The number of nitriles is 1. The van der Waals surface area contributed by atoms with E-state index in [4.69, 9.17) is 5.26 Å². The zero-order valence-corrected chi connectivity index (χ0v) is 15.2. The number of anilines is 1. The first-order valence-electron chi connectivity index (χ1n) is 8.41. The van der Waals surface area contributed by atoms with Gasteiger partial charge in [-0.25, -0.2) is 4.98 Å². The highest BCUT2D eigenvalue weighted by Crippen LogP contribution is 2.16. The quantitative estimate of drug-likeness (QED) is 0.738. The van der Waals surface area contributed by atoms with Gasteiger partial charge < -0.3 is 5.32 Å². The molecular formula is C19H18N6O2. The van der Waals surface area contributed by atoms with E-state index in [9.17, 15) is 9.59 Å². The van der Waals surface area contributed by atoms with E-state index in [0.29, 0.717) is 40.3 Å². The largest absolute Gasteiger partial charge is 0.306 e. The van der Waals surface area contributed by atoms with Crippen LogP contribution in [0.5, 0.6) is 0 Å². The molecule has 0 aliphatic heterocycles. The molecule has 1 amide bonds. The van der Waals surface area contributed by atoms with Crippen LogP contribution in [0.4, 0.5) is 5.82 Å². The molecule has 0 aliphatic rings. The van der Waals surface area contributed by atoms with Crippen molar-refractivity contribution in [3.8, 4) is 12.0 Å². The molecular weight excluding hydrogens is 344 g/mol. The number of rotatable bonds is 4. The van der Waals surface area contributed by atoms with Crippen LogP contribution in [0, 0.1) is 25.2 Å². The zero-order valence-electron chi connectivity index (χ0n) is 15.2. The van der Waals surface area contributed by atoms with E-state index in [1.807, 2.05) is 13.0 Å². The third-order valence-electron chi connectivity index (χ3n) is 4.11. The van der Waals surface area contributed by atoms with Crippen LogP contribution in [0.15, 0.2) is 35.1 Å². The first kappa shape index (κ1) is 18.1. The van der Waals surface area contributed by atoms with Crippen LogP contribution < -0.4 is 10.9 Å². The Kier molecular flexibility index (Phi) is 4.86. The number of aryl methyl sites for hydroxylation is 2. The SMILES string of the molecule is CCc1c(C)nc(-n2nc(C)cc2NC(=O)c2ccc(C#N)cc2)[nH]c1=O. The fourth-order valence-corrected chi connectivity index (χ4v) is 2.75. The summed E-state index contributed by atoms with van der Waals surface area (Å²) in [6.07, 6.45) is 0.578. The highest BCUT2D eigenvalue weighted by atomic mass is 16.1. The third-order valence-corrected chi connectivity index (χ3v) is 4.11. The van der Waals surface area contributed by atoms with E-state index >= 15 is 0 Å². The summed E-state index contributed by atoms with van der Waals surface area (Å²) in [4.78, 5) is 31.9. The lowest BCUT2D eigenvalue weighted by atomic mass is 10.1. The number of benzene rings is 1. The molecule has 0 spiro atoms. The van der Waals surface area contributed by atoms with E-state index in [0.717, 1.165) is 0 Å². The third kappa shape index (κ3) is 3.62. The standard InChI is InChI=1S/C19H18N6O2/c1-4-15-12(3)21-19(23-18(15)27)25-16(9-11(2)24-25)22-17(26)14-7-5-13(10-20)6-8-14/h5-9H,4H2,1-3H3,(H,22,26)(H,21,23,27). The Morgan fingerprint density at radius 2 is 2.00 bits per heavy atom. The van der Waals surface area contributed by atoms with Gasteiger partial charge in [0.15, 0.2) is 0 Å². The second-order valence-electron chi connectivity index (χ2n) is 6.03. The van der Waals surface area contributed by atoms with Gasteiger partial charge in [-0.05, 0) is 44.5 Å². The number of hydrogen-bond acceptors (Lipinski definition) is 5. The molecule has 0 radical (unpaired) electrons. The van der Waals surface area contributed by atoms with Crippen molar-refractivity contribution in [3.05, 3.63) is 68.8 Å². The van der Waals surface area contributed by atoms with Gasteiger partial charge in [0.25, 0.3) is 11.5 Å². The van der Waals surface area contributed by atoms with Crippen molar-refractivity contribution in [2.75, 3.05) is 5.32 Å². The number of nitrogens with zero attached hydrogens (tertiary/aromatic N) is 4. The first-order chi connectivity index (χ1) is 12.9. The maximum atomic E-state index is 12.5. The Bertz CT molecular complexity index is 1100. The van der Waals surface area contributed by atoms with Crippen LogP contribution in [0.3, 0.4) is 0 Å². The van der Waals surface area contributed by atoms with Gasteiger partial charge in [-0.1, -0.05) is 6.92 Å². The minimum Gasteiger partial charge on any atom is -0.306 e. The van der Waals surface area contributed by atoms with Gasteiger partial charge in [0.2, 0.25) is 5.95 Å². The molecule has 8 heteroatoms. The summed E-state index contributed by atoms with van der Waals surface area (Å²) in [5.74, 6) is 0.261. The van der Waals surface area contributed by atoms with Crippen molar-refractivity contribution in [2.24, 2.45) is 0 Å². The fraction of sp³-hybridized carbons (Fsp3) is 0.211. The molecule has 0 unspecified atom stereocenters. The summed E-state index contributed by atoms with van der Waals surface area (Å²) in [5.41, 5.74) is 2.54. The number of aromatic nitrogens is 4. The molecule has 0 atom stereocenters. The lowest BCUT2D eigenvalue weighted by Gasteiger charge is -2.10. The minimum atomic E-state index is -0.357. The molecule has 27 heavy (non-hydrogen) atoms. The lowest BCUT2D eigenvalue weighted by Crippen LogP contribution is -2.22. The second-order valence-corrected chi connectivity index (χ2v) is 6.03. The molecule has 3 aromatic rings. The molecule has 2 heterocycles. The lowest BCUT2D eigenvalue weighted by molar-refractivity contribution is 0.102. The number of nitrogens with one attached hydrogen (secondary N) is 2. The molecule has 0 bridgehead atoms. The number of amides is 1. The predicted molar refractivity (Wildman–Crippen MR) is 99.9 cm³/mol. The average molecular weight is 362 g/mol. The monoisotopic (exact) mass is 362 g/mol. The van der Waals surface area contributed by atoms with E-state index in [2.05, 4.69) is 20.4 Å². The Hall–Kier alpha value is -3.73. The molecule has 0 aliphatic carbocycles. The summed E-state index contributed by atoms with van der Waals surface area (Å²) in [6, 6.07) is 9.98. The molecule has 136 valence electrons. The van der Waals surface area contributed by atoms with Crippen LogP contribution >= 0.6 is 0 Å². The summed E-state index contributed by atoms with van der Waals surface area (Å²) < 4.78 is 1.39. The number of carbonyl (C=O) groups is 1.